The van der Waals surface area contributed by atoms with Crippen LogP contribution >= 0.6 is 0 Å². The van der Waals surface area contributed by atoms with Crippen molar-refractivity contribution < 1.29 is 14.3 Å². The summed E-state index contributed by atoms with van der Waals surface area (Å²) in [5.74, 6) is -0.730. The summed E-state index contributed by atoms with van der Waals surface area (Å²) in [6, 6.07) is 9.81. The summed E-state index contributed by atoms with van der Waals surface area (Å²) in [4.78, 5) is 27.0. The number of aromatic amines is 1. The number of benzene rings is 1. The summed E-state index contributed by atoms with van der Waals surface area (Å²) >= 11 is 0. The highest BCUT2D eigenvalue weighted by Gasteiger charge is 2.43. The average Bonchev–Trinajstić information content (AvgIpc) is 3.37. The summed E-state index contributed by atoms with van der Waals surface area (Å²) in [7, 11) is 0. The van der Waals surface area contributed by atoms with Crippen molar-refractivity contribution in [3.63, 3.8) is 0 Å². The van der Waals surface area contributed by atoms with Crippen LogP contribution in [0.5, 0.6) is 0 Å². The number of para-hydroxylation sites is 1. The second-order valence-electron chi connectivity index (χ2n) is 6.33. The number of nitriles is 1. The molecule has 1 aromatic heterocycles. The Labute approximate surface area is 139 Å². The Balaban J connectivity index is 1.52. The van der Waals surface area contributed by atoms with E-state index in [2.05, 4.69) is 16.4 Å². The van der Waals surface area contributed by atoms with E-state index in [1.165, 1.54) is 0 Å². The Kier molecular flexibility index (Phi) is 4.26. The Bertz CT molecular complexity index is 816. The van der Waals surface area contributed by atoms with E-state index in [4.69, 9.17) is 4.74 Å². The van der Waals surface area contributed by atoms with E-state index in [-0.39, 0.29) is 18.9 Å². The molecule has 0 unspecified atom stereocenters. The lowest BCUT2D eigenvalue weighted by atomic mass is 9.98. The minimum absolute atomic E-state index is 0.0927. The van der Waals surface area contributed by atoms with Crippen LogP contribution in [0, 0.1) is 17.2 Å². The second-order valence-corrected chi connectivity index (χ2v) is 6.33. The molecule has 124 valence electrons. The number of H-pyrrole nitrogens is 1. The number of fused-ring (bicyclic) bond motifs is 1. The summed E-state index contributed by atoms with van der Waals surface area (Å²) in [5.41, 5.74) is 0.906. The average molecular weight is 325 g/mol. The zero-order valence-electron chi connectivity index (χ0n) is 13.5. The van der Waals surface area contributed by atoms with E-state index in [0.717, 1.165) is 29.3 Å². The number of aromatic nitrogens is 1. The number of ether oxygens (including phenoxy) is 1. The van der Waals surface area contributed by atoms with Gasteiger partial charge in [-0.05, 0) is 37.3 Å². The second kappa shape index (κ2) is 6.36. The van der Waals surface area contributed by atoms with Gasteiger partial charge in [0.1, 0.15) is 5.54 Å². The van der Waals surface area contributed by atoms with Crippen LogP contribution in [-0.2, 0) is 20.7 Å². The predicted octanol–water partition coefficient (Wildman–Crippen LogP) is 2.06. The fourth-order valence-electron chi connectivity index (χ4n) is 2.84. The van der Waals surface area contributed by atoms with Crippen molar-refractivity contribution in [2.45, 2.75) is 31.7 Å². The van der Waals surface area contributed by atoms with Gasteiger partial charge in [-0.2, -0.15) is 5.26 Å². The third-order valence-electron chi connectivity index (χ3n) is 4.40. The third-order valence-corrected chi connectivity index (χ3v) is 4.40. The molecule has 0 radical (unpaired) electrons. The Morgan fingerprint density at radius 2 is 2.17 bits per heavy atom. The van der Waals surface area contributed by atoms with Gasteiger partial charge in [0.05, 0.1) is 12.5 Å². The monoisotopic (exact) mass is 325 g/mol. The van der Waals surface area contributed by atoms with Crippen LogP contribution in [0.25, 0.3) is 10.9 Å². The standard InChI is InChI=1S/C18H19N3O3/c1-18(11-19,13-6-7-13)21-16(22)10-24-17(23)8-12-9-20-15-5-3-2-4-14(12)15/h2-5,9,13,20H,6-8,10H2,1H3,(H,21,22)/t18-/m0/s1. The van der Waals surface area contributed by atoms with Gasteiger partial charge < -0.3 is 15.0 Å². The predicted molar refractivity (Wildman–Crippen MR) is 87.8 cm³/mol. The van der Waals surface area contributed by atoms with Crippen molar-refractivity contribution in [3.8, 4) is 6.07 Å². The van der Waals surface area contributed by atoms with Crippen molar-refractivity contribution in [1.29, 1.82) is 5.26 Å². The van der Waals surface area contributed by atoms with E-state index in [1.807, 2.05) is 24.3 Å². The first-order valence-corrected chi connectivity index (χ1v) is 7.95. The van der Waals surface area contributed by atoms with Crippen molar-refractivity contribution in [3.05, 3.63) is 36.0 Å². The molecule has 1 fully saturated rings. The van der Waals surface area contributed by atoms with Crippen molar-refractivity contribution in [2.24, 2.45) is 5.92 Å². The zero-order chi connectivity index (χ0) is 17.2. The molecule has 1 aromatic carbocycles. The highest BCUT2D eigenvalue weighted by molar-refractivity contribution is 5.88. The van der Waals surface area contributed by atoms with Crippen LogP contribution in [-0.4, -0.2) is 29.0 Å². The number of nitrogens with one attached hydrogen (secondary N) is 2. The van der Waals surface area contributed by atoms with Crippen LogP contribution in [0.4, 0.5) is 0 Å². The van der Waals surface area contributed by atoms with Crippen LogP contribution in [0.3, 0.4) is 0 Å². The first-order valence-electron chi connectivity index (χ1n) is 7.95. The quantitative estimate of drug-likeness (QED) is 0.795. The molecule has 1 amide bonds. The maximum Gasteiger partial charge on any atom is 0.310 e. The SMILES string of the molecule is C[C@@](C#N)(NC(=O)COC(=O)Cc1c[nH]c2ccccc12)C1CC1. The molecule has 2 aromatic rings. The molecule has 1 aliphatic carbocycles. The first kappa shape index (κ1) is 16.1. The largest absolute Gasteiger partial charge is 0.455 e. The minimum atomic E-state index is -0.875. The van der Waals surface area contributed by atoms with E-state index in [0.29, 0.717) is 0 Å². The number of carbonyl (C=O) groups is 2. The molecule has 1 heterocycles. The zero-order valence-corrected chi connectivity index (χ0v) is 13.5. The number of nitrogens with zero attached hydrogens (tertiary/aromatic N) is 1. The highest BCUT2D eigenvalue weighted by atomic mass is 16.5. The van der Waals surface area contributed by atoms with Crippen molar-refractivity contribution in [2.75, 3.05) is 6.61 Å². The van der Waals surface area contributed by atoms with Gasteiger partial charge in [0.2, 0.25) is 0 Å². The van der Waals surface area contributed by atoms with Gasteiger partial charge in [-0.25, -0.2) is 0 Å². The molecule has 24 heavy (non-hydrogen) atoms. The molecule has 1 aliphatic rings. The van der Waals surface area contributed by atoms with E-state index >= 15 is 0 Å². The molecule has 1 atom stereocenters. The lowest BCUT2D eigenvalue weighted by molar-refractivity contribution is -0.148. The number of hydrogen-bond acceptors (Lipinski definition) is 4. The smallest absolute Gasteiger partial charge is 0.310 e. The summed E-state index contributed by atoms with van der Waals surface area (Å²) in [6.45, 7) is 1.33. The number of carbonyl (C=O) groups excluding carboxylic acids is 2. The van der Waals surface area contributed by atoms with Crippen LogP contribution in [0.2, 0.25) is 0 Å². The molecule has 0 spiro atoms. The number of rotatable bonds is 6. The third kappa shape index (κ3) is 3.40. The fourth-order valence-corrected chi connectivity index (χ4v) is 2.84. The summed E-state index contributed by atoms with van der Waals surface area (Å²) in [5, 5.41) is 12.8. The molecular weight excluding hydrogens is 306 g/mol. The maximum absolute atomic E-state index is 12.0. The number of amides is 1. The van der Waals surface area contributed by atoms with Gasteiger partial charge in [0, 0.05) is 17.1 Å². The molecule has 3 rings (SSSR count). The molecule has 6 heteroatoms. The minimum Gasteiger partial charge on any atom is -0.455 e. The Morgan fingerprint density at radius 1 is 1.42 bits per heavy atom. The highest BCUT2D eigenvalue weighted by Crippen LogP contribution is 2.39. The number of hydrogen-bond donors (Lipinski definition) is 2. The first-order chi connectivity index (χ1) is 11.5. The van der Waals surface area contributed by atoms with E-state index in [1.54, 1.807) is 13.1 Å². The summed E-state index contributed by atoms with van der Waals surface area (Å²) < 4.78 is 5.04. The lowest BCUT2D eigenvalue weighted by Gasteiger charge is -2.22. The number of esters is 1. The summed E-state index contributed by atoms with van der Waals surface area (Å²) in [6.07, 6.45) is 3.73. The van der Waals surface area contributed by atoms with Crippen LogP contribution in [0.15, 0.2) is 30.5 Å². The Hall–Kier alpha value is -2.81. The van der Waals surface area contributed by atoms with Crippen LogP contribution < -0.4 is 5.32 Å². The van der Waals surface area contributed by atoms with Crippen LogP contribution in [0.1, 0.15) is 25.3 Å². The maximum atomic E-state index is 12.0. The van der Waals surface area contributed by atoms with E-state index in [9.17, 15) is 14.9 Å². The van der Waals surface area contributed by atoms with Gasteiger partial charge in [-0.1, -0.05) is 18.2 Å². The molecule has 0 bridgehead atoms. The van der Waals surface area contributed by atoms with Gasteiger partial charge in [-0.3, -0.25) is 9.59 Å². The van der Waals surface area contributed by atoms with Gasteiger partial charge >= 0.3 is 5.97 Å². The fraction of sp³-hybridized carbons (Fsp3) is 0.389. The van der Waals surface area contributed by atoms with Gasteiger partial charge in [0.25, 0.3) is 5.91 Å². The van der Waals surface area contributed by atoms with Gasteiger partial charge in [-0.15, -0.1) is 0 Å². The molecule has 0 saturated heterocycles. The van der Waals surface area contributed by atoms with Crippen molar-refractivity contribution in [1.82, 2.24) is 10.3 Å². The topological polar surface area (TPSA) is 95.0 Å². The molecule has 2 N–H and O–H groups in total. The Morgan fingerprint density at radius 3 is 2.88 bits per heavy atom. The lowest BCUT2D eigenvalue weighted by Crippen LogP contribution is -2.48. The van der Waals surface area contributed by atoms with Crippen molar-refractivity contribution >= 4 is 22.8 Å². The molecule has 0 aliphatic heterocycles. The molecule has 6 nitrogen and oxygen atoms in total. The normalized spacial score (nSPS) is 16.2. The molecule has 1 saturated carbocycles. The van der Waals surface area contributed by atoms with E-state index < -0.39 is 17.4 Å². The van der Waals surface area contributed by atoms with Gasteiger partial charge in [0.15, 0.2) is 6.61 Å². The molecular formula is C18H19N3O3.